The van der Waals surface area contributed by atoms with E-state index in [9.17, 15) is 18.0 Å². The minimum atomic E-state index is -4.30. The number of benzene rings is 4. The van der Waals surface area contributed by atoms with Gasteiger partial charge in [0.2, 0.25) is 11.8 Å². The molecule has 0 heterocycles. The lowest BCUT2D eigenvalue weighted by molar-refractivity contribution is -0.140. The number of methoxy groups -OCH3 is 1. The summed E-state index contributed by atoms with van der Waals surface area (Å²) in [7, 11) is -2.82. The van der Waals surface area contributed by atoms with E-state index in [2.05, 4.69) is 21.2 Å². The Morgan fingerprint density at radius 2 is 1.59 bits per heavy atom. The zero-order valence-corrected chi connectivity index (χ0v) is 29.5. The van der Waals surface area contributed by atoms with E-state index in [0.29, 0.717) is 32.4 Å². The number of anilines is 1. The second-order valence-corrected chi connectivity index (χ2v) is 14.0. The molecule has 0 bridgehead atoms. The van der Waals surface area contributed by atoms with E-state index in [1.54, 1.807) is 49.4 Å². The lowest BCUT2D eigenvalue weighted by Gasteiger charge is -2.34. The number of amides is 2. The fourth-order valence-corrected chi connectivity index (χ4v) is 7.52. The van der Waals surface area contributed by atoms with Crippen molar-refractivity contribution in [1.82, 2.24) is 10.2 Å². The average Bonchev–Trinajstić information content (AvgIpc) is 3.03. The van der Waals surface area contributed by atoms with Gasteiger partial charge in [0, 0.05) is 35.1 Å². The van der Waals surface area contributed by atoms with Crippen LogP contribution in [0.2, 0.25) is 10.0 Å². The lowest BCUT2D eigenvalue weighted by atomic mass is 10.0. The third kappa shape index (κ3) is 8.41. The van der Waals surface area contributed by atoms with Gasteiger partial charge in [-0.2, -0.15) is 0 Å². The Kier molecular flexibility index (Phi) is 12.1. The summed E-state index contributed by atoms with van der Waals surface area (Å²) in [6.45, 7) is 3.25. The molecular weight excluding hydrogens is 713 g/mol. The van der Waals surface area contributed by atoms with E-state index < -0.39 is 34.4 Å². The van der Waals surface area contributed by atoms with Gasteiger partial charge in [0.15, 0.2) is 0 Å². The first-order chi connectivity index (χ1) is 22.0. The maximum Gasteiger partial charge on any atom is 0.264 e. The van der Waals surface area contributed by atoms with E-state index in [1.165, 1.54) is 30.2 Å². The van der Waals surface area contributed by atoms with Gasteiger partial charge in [-0.25, -0.2) is 8.42 Å². The van der Waals surface area contributed by atoms with E-state index in [-0.39, 0.29) is 23.5 Å². The van der Waals surface area contributed by atoms with E-state index in [0.717, 1.165) is 15.4 Å². The fourth-order valence-electron chi connectivity index (χ4n) is 4.87. The number of nitrogens with zero attached hydrogens (tertiary/aromatic N) is 2. The van der Waals surface area contributed by atoms with Crippen molar-refractivity contribution in [2.24, 2.45) is 0 Å². The number of rotatable bonds is 13. The largest absolute Gasteiger partial charge is 0.496 e. The predicted molar refractivity (Wildman–Crippen MR) is 186 cm³/mol. The van der Waals surface area contributed by atoms with Gasteiger partial charge in [-0.15, -0.1) is 0 Å². The topological polar surface area (TPSA) is 96.0 Å². The van der Waals surface area contributed by atoms with Crippen LogP contribution in [-0.4, -0.2) is 51.4 Å². The number of halogens is 3. The molecule has 1 N–H and O–H groups in total. The Labute approximate surface area is 288 Å². The summed E-state index contributed by atoms with van der Waals surface area (Å²) >= 11 is 16.5. The van der Waals surface area contributed by atoms with Crippen molar-refractivity contribution in [3.63, 3.8) is 0 Å². The molecule has 0 fully saturated rings. The van der Waals surface area contributed by atoms with Crippen molar-refractivity contribution in [1.29, 1.82) is 0 Å². The molecule has 4 aromatic carbocycles. The molecule has 46 heavy (non-hydrogen) atoms. The fraction of sp³-hybridized carbons (Fsp3) is 0.235. The average molecular weight is 748 g/mol. The number of ether oxygens (including phenoxy) is 1. The summed E-state index contributed by atoms with van der Waals surface area (Å²) < 4.78 is 35.3. The molecular formula is C34H34BrCl2N3O5S. The summed E-state index contributed by atoms with van der Waals surface area (Å²) in [6, 6.07) is 24.4. The molecule has 0 aliphatic heterocycles. The molecule has 0 radical (unpaired) electrons. The molecule has 0 aromatic heterocycles. The van der Waals surface area contributed by atoms with E-state index in [4.69, 9.17) is 27.9 Å². The van der Waals surface area contributed by atoms with Crippen molar-refractivity contribution < 1.29 is 22.7 Å². The van der Waals surface area contributed by atoms with Crippen LogP contribution in [0, 0.1) is 6.92 Å². The maximum atomic E-state index is 14.5. The van der Waals surface area contributed by atoms with Crippen LogP contribution >= 0.6 is 39.1 Å². The second kappa shape index (κ2) is 15.8. The molecule has 0 spiro atoms. The molecule has 0 saturated heterocycles. The number of carbonyl (C=O) groups is 2. The van der Waals surface area contributed by atoms with Crippen LogP contribution in [0.25, 0.3) is 0 Å². The monoisotopic (exact) mass is 745 g/mol. The van der Waals surface area contributed by atoms with Crippen molar-refractivity contribution in [3.8, 4) is 5.75 Å². The molecule has 0 unspecified atom stereocenters. The van der Waals surface area contributed by atoms with Gasteiger partial charge in [-0.1, -0.05) is 77.3 Å². The molecule has 4 rings (SSSR count). The normalized spacial score (nSPS) is 11.9. The molecule has 1 atom stereocenters. The highest BCUT2D eigenvalue weighted by Gasteiger charge is 2.35. The summed E-state index contributed by atoms with van der Waals surface area (Å²) in [5.41, 5.74) is 2.44. The van der Waals surface area contributed by atoms with Gasteiger partial charge in [-0.05, 0) is 77.8 Å². The Balaban J connectivity index is 1.84. The van der Waals surface area contributed by atoms with Gasteiger partial charge >= 0.3 is 0 Å². The molecule has 8 nitrogen and oxygen atoms in total. The first-order valence-corrected chi connectivity index (χ1v) is 17.4. The molecule has 0 saturated carbocycles. The number of hydrogen-bond acceptors (Lipinski definition) is 5. The maximum absolute atomic E-state index is 14.5. The first-order valence-electron chi connectivity index (χ1n) is 14.4. The summed E-state index contributed by atoms with van der Waals surface area (Å²) in [5.74, 6) is -0.572. The molecule has 0 aliphatic carbocycles. The van der Waals surface area contributed by atoms with Gasteiger partial charge in [0.25, 0.3) is 10.0 Å². The first kappa shape index (κ1) is 35.3. The van der Waals surface area contributed by atoms with Crippen molar-refractivity contribution in [2.45, 2.75) is 37.8 Å². The summed E-state index contributed by atoms with van der Waals surface area (Å²) in [5, 5.41) is 3.45. The van der Waals surface area contributed by atoms with Crippen molar-refractivity contribution in [3.05, 3.63) is 122 Å². The van der Waals surface area contributed by atoms with Crippen LogP contribution in [0.3, 0.4) is 0 Å². The molecule has 0 aliphatic rings. The van der Waals surface area contributed by atoms with Crippen LogP contribution < -0.4 is 14.4 Å². The number of hydrogen-bond donors (Lipinski definition) is 1. The molecule has 242 valence electrons. The van der Waals surface area contributed by atoms with Gasteiger partial charge in [0.1, 0.15) is 18.3 Å². The highest BCUT2D eigenvalue weighted by Crippen LogP contribution is 2.32. The highest BCUT2D eigenvalue weighted by molar-refractivity contribution is 9.10. The zero-order valence-electron chi connectivity index (χ0n) is 25.5. The second-order valence-electron chi connectivity index (χ2n) is 10.5. The van der Waals surface area contributed by atoms with Crippen LogP contribution in [0.15, 0.2) is 100 Å². The number of nitrogens with one attached hydrogen (secondary N) is 1. The number of sulfonamides is 1. The number of likely N-dealkylation sites (N-methyl/N-ethyl adjacent to an activating group) is 1. The smallest absolute Gasteiger partial charge is 0.264 e. The predicted octanol–water partition coefficient (Wildman–Crippen LogP) is 7.04. The lowest BCUT2D eigenvalue weighted by Crippen LogP contribution is -2.53. The third-order valence-electron chi connectivity index (χ3n) is 7.32. The van der Waals surface area contributed by atoms with Crippen LogP contribution in [-0.2, 0) is 32.6 Å². The van der Waals surface area contributed by atoms with Gasteiger partial charge in [0.05, 0.1) is 22.2 Å². The van der Waals surface area contributed by atoms with Crippen LogP contribution in [0.5, 0.6) is 5.75 Å². The highest BCUT2D eigenvalue weighted by atomic mass is 79.9. The van der Waals surface area contributed by atoms with Crippen LogP contribution in [0.4, 0.5) is 5.69 Å². The van der Waals surface area contributed by atoms with E-state index in [1.807, 2.05) is 37.3 Å². The Morgan fingerprint density at radius 3 is 2.17 bits per heavy atom. The van der Waals surface area contributed by atoms with E-state index >= 15 is 0 Å². The Hall–Kier alpha value is -3.57. The van der Waals surface area contributed by atoms with Crippen molar-refractivity contribution >= 4 is 66.7 Å². The summed E-state index contributed by atoms with van der Waals surface area (Å²) in [6.07, 6.45) is 0.170. The SMILES string of the molecule is CCNC(=O)[C@@H](Cc1ccccc1)N(Cc1c(Cl)cccc1Cl)C(=O)CN(c1ccc(C)cc1)S(=O)(=O)c1ccc(OC)c(Br)c1. The zero-order chi connectivity index (χ0) is 33.4. The van der Waals surface area contributed by atoms with Crippen LogP contribution in [0.1, 0.15) is 23.6 Å². The number of carbonyl (C=O) groups excluding carboxylic acids is 2. The Morgan fingerprint density at radius 1 is 0.935 bits per heavy atom. The summed E-state index contributed by atoms with van der Waals surface area (Å²) in [4.78, 5) is 29.5. The third-order valence-corrected chi connectivity index (χ3v) is 10.4. The van der Waals surface area contributed by atoms with Gasteiger partial charge in [-0.3, -0.25) is 13.9 Å². The molecule has 4 aromatic rings. The minimum Gasteiger partial charge on any atom is -0.496 e. The Bertz CT molecular complexity index is 1770. The number of aryl methyl sites for hydroxylation is 1. The van der Waals surface area contributed by atoms with Crippen molar-refractivity contribution in [2.75, 3.05) is 24.5 Å². The van der Waals surface area contributed by atoms with Gasteiger partial charge < -0.3 is 15.0 Å². The quantitative estimate of drug-likeness (QED) is 0.158. The minimum absolute atomic E-state index is 0.0567. The molecule has 2 amide bonds. The standard InChI is InChI=1S/C34H34BrCl2N3O5S/c1-4-38-34(42)31(19-24-9-6-5-7-10-24)39(21-27-29(36)11-8-12-30(27)37)33(41)22-40(25-15-13-23(2)14-16-25)46(43,44)26-17-18-32(45-3)28(35)20-26/h5-18,20,31H,4,19,21-22H2,1-3H3,(H,38,42)/t31-/m1/s1. The molecule has 12 heteroatoms.